The Morgan fingerprint density at radius 1 is 0.879 bits per heavy atom. The second-order valence-corrected chi connectivity index (χ2v) is 11.5. The zero-order valence-corrected chi connectivity index (χ0v) is 20.9. The van der Waals surface area contributed by atoms with Crippen LogP contribution in [0.25, 0.3) is 32.7 Å². The van der Waals surface area contributed by atoms with Crippen LogP contribution in [0.2, 0.25) is 0 Å². The second kappa shape index (κ2) is 6.56. The largest absolute Gasteiger partial charge is 0.454 e. The van der Waals surface area contributed by atoms with Gasteiger partial charge in [-0.3, -0.25) is 0 Å². The van der Waals surface area contributed by atoms with Gasteiger partial charge >= 0.3 is 0 Å². The number of fused-ring (bicyclic) bond motifs is 6. The molecular formula is C30H34N2O. The van der Waals surface area contributed by atoms with E-state index in [1.807, 2.05) is 0 Å². The predicted molar refractivity (Wildman–Crippen MR) is 140 cm³/mol. The first-order valence-corrected chi connectivity index (χ1v) is 12.2. The quantitative estimate of drug-likeness (QED) is 0.300. The highest BCUT2D eigenvalue weighted by Crippen LogP contribution is 2.49. The van der Waals surface area contributed by atoms with E-state index < -0.39 is 0 Å². The van der Waals surface area contributed by atoms with Crippen LogP contribution >= 0.6 is 0 Å². The predicted octanol–water partition coefficient (Wildman–Crippen LogP) is 7.97. The van der Waals surface area contributed by atoms with E-state index in [9.17, 15) is 0 Å². The molecule has 1 aliphatic carbocycles. The monoisotopic (exact) mass is 438 g/mol. The average molecular weight is 439 g/mol. The van der Waals surface area contributed by atoms with Crippen LogP contribution in [-0.4, -0.2) is 18.1 Å². The van der Waals surface area contributed by atoms with Gasteiger partial charge in [0.1, 0.15) is 11.7 Å². The number of hydrogen-bond donors (Lipinski definition) is 0. The highest BCUT2D eigenvalue weighted by molar-refractivity contribution is 6.14. The van der Waals surface area contributed by atoms with E-state index in [2.05, 4.69) is 107 Å². The summed E-state index contributed by atoms with van der Waals surface area (Å²) in [7, 11) is 2.12. The summed E-state index contributed by atoms with van der Waals surface area (Å²) in [5.74, 6) is 0. The maximum absolute atomic E-state index is 6.69. The Kier molecular flexibility index (Phi) is 4.11. The number of aryl methyl sites for hydroxylation is 1. The molecule has 2 aliphatic rings. The average Bonchev–Trinajstić information content (AvgIpc) is 3.28. The molecule has 33 heavy (non-hydrogen) atoms. The lowest BCUT2D eigenvalue weighted by molar-refractivity contribution is 0.334. The Balaban J connectivity index is 1.66. The second-order valence-electron chi connectivity index (χ2n) is 11.5. The van der Waals surface area contributed by atoms with Crippen molar-refractivity contribution >= 4 is 38.4 Å². The first-order chi connectivity index (χ1) is 15.6. The van der Waals surface area contributed by atoms with Gasteiger partial charge in [0.25, 0.3) is 0 Å². The molecule has 170 valence electrons. The summed E-state index contributed by atoms with van der Waals surface area (Å²) in [4.78, 5) is 4.55. The van der Waals surface area contributed by atoms with Gasteiger partial charge in [-0.25, -0.2) is 0 Å². The van der Waals surface area contributed by atoms with Gasteiger partial charge in [-0.1, -0.05) is 52.0 Å². The minimum Gasteiger partial charge on any atom is -0.454 e. The number of anilines is 1. The fraction of sp³-hybridized carbons (Fsp3) is 0.400. The third-order valence-electron chi connectivity index (χ3n) is 8.45. The minimum atomic E-state index is 0.159. The van der Waals surface area contributed by atoms with Crippen LogP contribution in [0, 0.1) is 6.92 Å². The molecule has 1 aromatic heterocycles. The molecule has 0 fully saturated rings. The smallest absolute Gasteiger partial charge is 0.159 e. The Morgan fingerprint density at radius 3 is 2.36 bits per heavy atom. The third kappa shape index (κ3) is 2.81. The van der Waals surface area contributed by atoms with Gasteiger partial charge < -0.3 is 14.2 Å². The molecule has 2 heterocycles. The molecule has 0 spiro atoms. The molecule has 4 aromatic rings. The number of rotatable bonds is 1. The van der Waals surface area contributed by atoms with Gasteiger partial charge in [0.05, 0.1) is 5.69 Å². The highest BCUT2D eigenvalue weighted by Gasteiger charge is 2.38. The Hall–Kier alpha value is -2.94. The van der Waals surface area contributed by atoms with Crippen molar-refractivity contribution in [2.75, 3.05) is 11.9 Å². The van der Waals surface area contributed by atoms with E-state index in [1.54, 1.807) is 0 Å². The van der Waals surface area contributed by atoms with E-state index in [4.69, 9.17) is 4.42 Å². The van der Waals surface area contributed by atoms with Crippen molar-refractivity contribution in [1.82, 2.24) is 4.90 Å². The molecular weight excluding hydrogens is 404 g/mol. The molecule has 3 heteroatoms. The summed E-state index contributed by atoms with van der Waals surface area (Å²) >= 11 is 0. The summed E-state index contributed by atoms with van der Waals surface area (Å²) in [6.07, 6.45) is 6.99. The van der Waals surface area contributed by atoms with Gasteiger partial charge in [0.15, 0.2) is 5.58 Å². The van der Waals surface area contributed by atoms with Crippen molar-refractivity contribution in [2.45, 2.75) is 71.4 Å². The van der Waals surface area contributed by atoms with E-state index in [0.717, 1.165) is 11.2 Å². The normalized spacial score (nSPS) is 21.5. The Morgan fingerprint density at radius 2 is 1.64 bits per heavy atom. The summed E-state index contributed by atoms with van der Waals surface area (Å²) in [6, 6.07) is 13.8. The van der Waals surface area contributed by atoms with Crippen molar-refractivity contribution in [2.24, 2.45) is 0 Å². The molecule has 0 bridgehead atoms. The Labute approximate surface area is 196 Å². The number of furan rings is 1. The van der Waals surface area contributed by atoms with Crippen LogP contribution in [0.15, 0.2) is 53.2 Å². The van der Waals surface area contributed by atoms with Crippen LogP contribution in [0.5, 0.6) is 0 Å². The maximum atomic E-state index is 6.69. The fourth-order valence-electron chi connectivity index (χ4n) is 6.12. The van der Waals surface area contributed by atoms with Crippen molar-refractivity contribution in [1.29, 1.82) is 0 Å². The lowest BCUT2D eigenvalue weighted by Crippen LogP contribution is -2.34. The zero-order valence-electron chi connectivity index (χ0n) is 20.9. The van der Waals surface area contributed by atoms with Crippen LogP contribution in [0.3, 0.4) is 0 Å². The van der Waals surface area contributed by atoms with Crippen molar-refractivity contribution < 1.29 is 4.42 Å². The molecule has 1 atom stereocenters. The van der Waals surface area contributed by atoms with E-state index in [1.165, 1.54) is 56.8 Å². The standard InChI is InChI=1S/C30H34N2O/c1-18-8-10-21-23-16-20-9-11-24-26(30(5,6)13-12-29(24,3)4)22(20)17-25(23)33-28(21)27(18)32-15-14-31(7)19(32)2/h8-11,14-17,19H,12-13H2,1-7H3/t19-/m0/s1. The van der Waals surface area contributed by atoms with Gasteiger partial charge in [0, 0.05) is 30.2 Å². The SMILES string of the molecule is Cc1ccc2c(oc3cc4c5c(ccc4cc32)C(C)(C)CCC5(C)C)c1N1C=CN(C)[C@@H]1C. The van der Waals surface area contributed by atoms with E-state index in [-0.39, 0.29) is 17.0 Å². The molecule has 0 N–H and O–H groups in total. The van der Waals surface area contributed by atoms with Crippen LogP contribution in [-0.2, 0) is 10.8 Å². The summed E-state index contributed by atoms with van der Waals surface area (Å²) in [5, 5.41) is 5.06. The molecule has 0 unspecified atom stereocenters. The molecule has 0 amide bonds. The fourth-order valence-corrected chi connectivity index (χ4v) is 6.12. The van der Waals surface area contributed by atoms with Crippen LogP contribution in [0.1, 0.15) is 64.2 Å². The topological polar surface area (TPSA) is 19.6 Å². The number of nitrogens with zero attached hydrogens (tertiary/aromatic N) is 2. The molecule has 0 saturated heterocycles. The number of hydrogen-bond acceptors (Lipinski definition) is 3. The minimum absolute atomic E-state index is 0.159. The molecule has 0 saturated carbocycles. The van der Waals surface area contributed by atoms with Crippen LogP contribution < -0.4 is 4.90 Å². The number of benzene rings is 3. The molecule has 3 aromatic carbocycles. The first kappa shape index (κ1) is 20.7. The van der Waals surface area contributed by atoms with E-state index >= 15 is 0 Å². The molecule has 6 rings (SSSR count). The Bertz CT molecular complexity index is 1470. The zero-order chi connectivity index (χ0) is 23.3. The lowest BCUT2D eigenvalue weighted by Gasteiger charge is -2.42. The lowest BCUT2D eigenvalue weighted by atomic mass is 9.62. The van der Waals surface area contributed by atoms with Gasteiger partial charge in [-0.15, -0.1) is 0 Å². The molecule has 0 radical (unpaired) electrons. The van der Waals surface area contributed by atoms with Gasteiger partial charge in [-0.05, 0) is 77.1 Å². The van der Waals surface area contributed by atoms with Crippen molar-refractivity contribution in [3.63, 3.8) is 0 Å². The molecule has 1 aliphatic heterocycles. The maximum Gasteiger partial charge on any atom is 0.159 e. The van der Waals surface area contributed by atoms with Gasteiger partial charge in [0.2, 0.25) is 0 Å². The molecule has 3 nitrogen and oxygen atoms in total. The summed E-state index contributed by atoms with van der Waals surface area (Å²) in [5.41, 5.74) is 7.75. The van der Waals surface area contributed by atoms with Crippen molar-refractivity contribution in [3.8, 4) is 0 Å². The van der Waals surface area contributed by atoms with Crippen LogP contribution in [0.4, 0.5) is 5.69 Å². The summed E-state index contributed by atoms with van der Waals surface area (Å²) in [6.45, 7) is 14.0. The highest BCUT2D eigenvalue weighted by atomic mass is 16.3. The third-order valence-corrected chi connectivity index (χ3v) is 8.45. The first-order valence-electron chi connectivity index (χ1n) is 12.2. The van der Waals surface area contributed by atoms with Crippen molar-refractivity contribution in [3.05, 3.63) is 65.5 Å². The van der Waals surface area contributed by atoms with E-state index in [0.29, 0.717) is 0 Å². The van der Waals surface area contributed by atoms with Gasteiger partial charge in [-0.2, -0.15) is 0 Å². The summed E-state index contributed by atoms with van der Waals surface area (Å²) < 4.78 is 6.69.